The molecule has 1 atom stereocenters. The molecule has 2 N–H and O–H groups in total. The molecule has 1 unspecified atom stereocenters. The molecule has 0 fully saturated rings. The van der Waals surface area contributed by atoms with Crippen LogP contribution in [0.2, 0.25) is 0 Å². The van der Waals surface area contributed by atoms with Gasteiger partial charge in [-0.3, -0.25) is 14.0 Å². The summed E-state index contributed by atoms with van der Waals surface area (Å²) in [5.41, 5.74) is 3.03. The highest BCUT2D eigenvalue weighted by Crippen LogP contribution is 2.49. The standard InChI is InChI=1S/C23H20N4O3/c1-3-30-16-10-8-15(9-11-16)23(26-14(2)28)18-7-5-4-6-17(18)19-20(23)27-13-12-24-21(27)22(29)25-19/h4-13H,3H2,1-2H3,(H,25,29)(H,26,28). The molecule has 5 rings (SSSR count). The maximum absolute atomic E-state index is 12.7. The van der Waals surface area contributed by atoms with E-state index >= 15 is 0 Å². The summed E-state index contributed by atoms with van der Waals surface area (Å²) in [5, 5.41) is 3.19. The summed E-state index contributed by atoms with van der Waals surface area (Å²) in [6.45, 7) is 3.99. The second-order valence-corrected chi connectivity index (χ2v) is 7.23. The van der Waals surface area contributed by atoms with E-state index in [2.05, 4.69) is 15.3 Å². The Morgan fingerprint density at radius 2 is 1.97 bits per heavy atom. The van der Waals surface area contributed by atoms with Crippen LogP contribution < -0.4 is 15.6 Å². The molecule has 0 radical (unpaired) electrons. The van der Waals surface area contributed by atoms with E-state index in [1.54, 1.807) is 16.8 Å². The molecule has 0 bridgehead atoms. The number of aromatic amines is 1. The zero-order valence-corrected chi connectivity index (χ0v) is 16.6. The second-order valence-electron chi connectivity index (χ2n) is 7.23. The molecule has 1 aliphatic carbocycles. The minimum atomic E-state index is -0.994. The van der Waals surface area contributed by atoms with Crippen LogP contribution >= 0.6 is 0 Å². The van der Waals surface area contributed by atoms with Crippen molar-refractivity contribution in [3.8, 4) is 17.0 Å². The molecule has 30 heavy (non-hydrogen) atoms. The fraction of sp³-hybridized carbons (Fsp3) is 0.174. The predicted molar refractivity (Wildman–Crippen MR) is 113 cm³/mol. The molecule has 150 valence electrons. The SMILES string of the molecule is CCOc1ccc(C2(NC(C)=O)c3ccccc3-c3[nH]c(=O)c4nccn4c32)cc1. The third-order valence-corrected chi connectivity index (χ3v) is 5.48. The molecule has 7 nitrogen and oxygen atoms in total. The number of ether oxygens (including phenoxy) is 1. The summed E-state index contributed by atoms with van der Waals surface area (Å²) in [6.07, 6.45) is 3.34. The van der Waals surface area contributed by atoms with Crippen LogP contribution in [0.5, 0.6) is 5.75 Å². The van der Waals surface area contributed by atoms with Gasteiger partial charge in [-0.1, -0.05) is 36.4 Å². The Bertz CT molecular complexity index is 1340. The van der Waals surface area contributed by atoms with Gasteiger partial charge in [0.2, 0.25) is 11.6 Å². The Morgan fingerprint density at radius 3 is 2.70 bits per heavy atom. The van der Waals surface area contributed by atoms with E-state index < -0.39 is 5.54 Å². The van der Waals surface area contributed by atoms with E-state index in [1.807, 2.05) is 55.5 Å². The van der Waals surface area contributed by atoms with E-state index in [9.17, 15) is 9.59 Å². The number of hydrogen-bond donors (Lipinski definition) is 2. The van der Waals surface area contributed by atoms with Gasteiger partial charge >= 0.3 is 0 Å². The number of carbonyl (C=O) groups is 1. The van der Waals surface area contributed by atoms with Gasteiger partial charge < -0.3 is 15.0 Å². The molecule has 2 heterocycles. The molecule has 1 aliphatic rings. The monoisotopic (exact) mass is 400 g/mol. The Morgan fingerprint density at radius 1 is 1.20 bits per heavy atom. The number of fused-ring (bicyclic) bond motifs is 5. The number of rotatable bonds is 4. The first kappa shape index (κ1) is 18.2. The van der Waals surface area contributed by atoms with Crippen molar-refractivity contribution in [2.75, 3.05) is 6.61 Å². The molecule has 2 aromatic heterocycles. The van der Waals surface area contributed by atoms with Crippen LogP contribution in [0.4, 0.5) is 0 Å². The van der Waals surface area contributed by atoms with E-state index in [4.69, 9.17) is 4.74 Å². The summed E-state index contributed by atoms with van der Waals surface area (Å²) >= 11 is 0. The van der Waals surface area contributed by atoms with Crippen LogP contribution in [0.15, 0.2) is 65.7 Å². The van der Waals surface area contributed by atoms with Crippen LogP contribution in [0.1, 0.15) is 30.7 Å². The summed E-state index contributed by atoms with van der Waals surface area (Å²) in [7, 11) is 0. The van der Waals surface area contributed by atoms with Crippen LogP contribution in [0.3, 0.4) is 0 Å². The van der Waals surface area contributed by atoms with Gasteiger partial charge in [-0.25, -0.2) is 4.98 Å². The molecule has 4 aromatic rings. The molecule has 1 amide bonds. The number of amides is 1. The van der Waals surface area contributed by atoms with Gasteiger partial charge in [-0.15, -0.1) is 0 Å². The number of imidazole rings is 1. The van der Waals surface area contributed by atoms with E-state index in [0.29, 0.717) is 12.3 Å². The molecule has 0 saturated heterocycles. The van der Waals surface area contributed by atoms with Crippen molar-refractivity contribution >= 4 is 11.6 Å². The Hall–Kier alpha value is -3.87. The first-order valence-corrected chi connectivity index (χ1v) is 9.78. The van der Waals surface area contributed by atoms with E-state index in [1.165, 1.54) is 6.92 Å². The van der Waals surface area contributed by atoms with Crippen LogP contribution in [-0.4, -0.2) is 26.9 Å². The number of carbonyl (C=O) groups excluding carboxylic acids is 1. The first-order chi connectivity index (χ1) is 14.6. The van der Waals surface area contributed by atoms with Gasteiger partial charge in [0.15, 0.2) is 0 Å². The van der Waals surface area contributed by atoms with Gasteiger partial charge in [0.25, 0.3) is 5.56 Å². The van der Waals surface area contributed by atoms with Crippen LogP contribution in [0, 0.1) is 0 Å². The van der Waals surface area contributed by atoms with E-state index in [0.717, 1.165) is 28.1 Å². The number of aromatic nitrogens is 3. The zero-order valence-electron chi connectivity index (χ0n) is 16.6. The summed E-state index contributed by atoms with van der Waals surface area (Å²) in [6, 6.07) is 15.4. The molecular formula is C23H20N4O3. The molecule has 0 saturated carbocycles. The molecule has 0 spiro atoms. The summed E-state index contributed by atoms with van der Waals surface area (Å²) in [4.78, 5) is 32.3. The van der Waals surface area contributed by atoms with Crippen molar-refractivity contribution in [3.63, 3.8) is 0 Å². The van der Waals surface area contributed by atoms with E-state index in [-0.39, 0.29) is 17.1 Å². The van der Waals surface area contributed by atoms with Gasteiger partial charge in [0.1, 0.15) is 11.3 Å². The van der Waals surface area contributed by atoms with Gasteiger partial charge in [-0.05, 0) is 30.2 Å². The fourth-order valence-electron chi connectivity index (χ4n) is 4.44. The number of nitrogens with zero attached hydrogens (tertiary/aromatic N) is 2. The third kappa shape index (κ3) is 2.41. The van der Waals surface area contributed by atoms with Crippen molar-refractivity contribution in [2.45, 2.75) is 19.4 Å². The Labute approximate surface area is 172 Å². The van der Waals surface area contributed by atoms with Gasteiger partial charge in [-0.2, -0.15) is 0 Å². The van der Waals surface area contributed by atoms with Crippen molar-refractivity contribution in [3.05, 3.63) is 88.1 Å². The normalized spacial score (nSPS) is 16.9. The molecular weight excluding hydrogens is 380 g/mol. The second kappa shape index (κ2) is 6.59. The lowest BCUT2D eigenvalue weighted by atomic mass is 9.82. The zero-order chi connectivity index (χ0) is 20.9. The van der Waals surface area contributed by atoms with Crippen LogP contribution in [-0.2, 0) is 10.3 Å². The van der Waals surface area contributed by atoms with Crippen molar-refractivity contribution in [2.24, 2.45) is 0 Å². The molecule has 2 aromatic carbocycles. The minimum absolute atomic E-state index is 0.189. The number of H-pyrrole nitrogens is 1. The lowest BCUT2D eigenvalue weighted by molar-refractivity contribution is -0.120. The number of nitrogens with one attached hydrogen (secondary N) is 2. The Balaban J connectivity index is 1.90. The highest BCUT2D eigenvalue weighted by Gasteiger charge is 2.48. The average Bonchev–Trinajstić information content (AvgIpc) is 3.32. The average molecular weight is 400 g/mol. The highest BCUT2D eigenvalue weighted by atomic mass is 16.5. The van der Waals surface area contributed by atoms with Crippen LogP contribution in [0.25, 0.3) is 16.9 Å². The minimum Gasteiger partial charge on any atom is -0.494 e. The third-order valence-electron chi connectivity index (χ3n) is 5.48. The predicted octanol–water partition coefficient (Wildman–Crippen LogP) is 2.83. The number of benzene rings is 2. The Kier molecular flexibility index (Phi) is 3.99. The lowest BCUT2D eigenvalue weighted by Gasteiger charge is -2.33. The van der Waals surface area contributed by atoms with Gasteiger partial charge in [0, 0.05) is 24.9 Å². The summed E-state index contributed by atoms with van der Waals surface area (Å²) < 4.78 is 7.36. The van der Waals surface area contributed by atoms with Crippen molar-refractivity contribution in [1.82, 2.24) is 19.7 Å². The lowest BCUT2D eigenvalue weighted by Crippen LogP contribution is -2.47. The van der Waals surface area contributed by atoms with Crippen molar-refractivity contribution < 1.29 is 9.53 Å². The first-order valence-electron chi connectivity index (χ1n) is 9.78. The maximum atomic E-state index is 12.7. The smallest absolute Gasteiger partial charge is 0.292 e. The fourth-order valence-corrected chi connectivity index (χ4v) is 4.44. The number of hydrogen-bond acceptors (Lipinski definition) is 4. The quantitative estimate of drug-likeness (QED) is 0.551. The van der Waals surface area contributed by atoms with Crippen molar-refractivity contribution in [1.29, 1.82) is 0 Å². The maximum Gasteiger partial charge on any atom is 0.292 e. The highest BCUT2D eigenvalue weighted by molar-refractivity contribution is 5.85. The summed E-state index contributed by atoms with van der Waals surface area (Å²) in [5.74, 6) is 0.561. The molecule has 7 heteroatoms. The molecule has 0 aliphatic heterocycles. The topological polar surface area (TPSA) is 88.5 Å². The van der Waals surface area contributed by atoms with Gasteiger partial charge in [0.05, 0.1) is 18.0 Å². The largest absolute Gasteiger partial charge is 0.494 e.